The Morgan fingerprint density at radius 2 is 1.82 bits per heavy atom. The van der Waals surface area contributed by atoms with Crippen molar-refractivity contribution in [3.05, 3.63) is 29.3 Å². The highest BCUT2D eigenvalue weighted by Crippen LogP contribution is 2.32. The fourth-order valence-corrected chi connectivity index (χ4v) is 1.67. The molecule has 1 N–H and O–H groups in total. The molecule has 17 heavy (non-hydrogen) atoms. The first-order valence-corrected chi connectivity index (χ1v) is 6.03. The van der Waals surface area contributed by atoms with E-state index in [0.29, 0.717) is 11.5 Å². The van der Waals surface area contributed by atoms with Crippen molar-refractivity contribution in [2.24, 2.45) is 0 Å². The van der Waals surface area contributed by atoms with Gasteiger partial charge in [-0.2, -0.15) is 12.6 Å². The van der Waals surface area contributed by atoms with Crippen molar-refractivity contribution in [1.29, 1.82) is 0 Å². The number of thiol groups is 1. The Bertz CT molecular complexity index is 363. The Morgan fingerprint density at radius 1 is 1.24 bits per heavy atom. The monoisotopic (exact) mass is 254 g/mol. The number of benzene rings is 1. The smallest absolute Gasteiger partial charge is 0.130 e. The second-order valence-electron chi connectivity index (χ2n) is 3.49. The summed E-state index contributed by atoms with van der Waals surface area (Å²) in [7, 11) is 3.21. The zero-order valence-electron chi connectivity index (χ0n) is 10.1. The highest BCUT2D eigenvalue weighted by atomic mass is 32.1. The summed E-state index contributed by atoms with van der Waals surface area (Å²) < 4.78 is 10.6. The second-order valence-corrected chi connectivity index (χ2v) is 3.93. The number of hydrogen-bond donors (Lipinski definition) is 2. The highest BCUT2D eigenvalue weighted by molar-refractivity contribution is 7.80. The van der Waals surface area contributed by atoms with E-state index >= 15 is 0 Å². The van der Waals surface area contributed by atoms with Crippen molar-refractivity contribution in [2.45, 2.75) is 13.0 Å². The molecule has 1 rings (SSSR count). The van der Waals surface area contributed by atoms with Gasteiger partial charge >= 0.3 is 0 Å². The molecule has 0 aliphatic rings. The van der Waals surface area contributed by atoms with Crippen molar-refractivity contribution < 1.29 is 14.6 Å². The molecule has 1 aromatic carbocycles. The molecule has 4 heteroatoms. The number of aliphatic hydroxyl groups excluding tert-OH is 1. The topological polar surface area (TPSA) is 38.7 Å². The van der Waals surface area contributed by atoms with E-state index in [2.05, 4.69) is 12.6 Å². The van der Waals surface area contributed by atoms with E-state index in [1.807, 2.05) is 24.3 Å². The minimum atomic E-state index is -0.0344. The molecule has 0 spiro atoms. The number of allylic oxidation sites excluding steroid dienone is 1. The summed E-state index contributed by atoms with van der Waals surface area (Å²) in [5, 5.41) is 9.14. The Balaban J connectivity index is 3.15. The molecule has 0 saturated carbocycles. The third-order valence-corrected chi connectivity index (χ3v) is 2.62. The third-order valence-electron chi connectivity index (χ3n) is 2.37. The van der Waals surface area contributed by atoms with Gasteiger partial charge in [0.05, 0.1) is 26.4 Å². The number of ether oxygens (including phenoxy) is 2. The zero-order chi connectivity index (χ0) is 12.7. The van der Waals surface area contributed by atoms with Gasteiger partial charge in [-0.05, 0) is 29.9 Å². The van der Waals surface area contributed by atoms with E-state index in [-0.39, 0.29) is 6.61 Å². The molecule has 0 aliphatic carbocycles. The van der Waals surface area contributed by atoms with Gasteiger partial charge in [-0.15, -0.1) is 0 Å². The van der Waals surface area contributed by atoms with Crippen LogP contribution >= 0.6 is 12.6 Å². The lowest BCUT2D eigenvalue weighted by Crippen LogP contribution is -1.95. The Labute approximate surface area is 107 Å². The molecule has 0 bridgehead atoms. The quantitative estimate of drug-likeness (QED) is 0.766. The van der Waals surface area contributed by atoms with E-state index in [9.17, 15) is 0 Å². The summed E-state index contributed by atoms with van der Waals surface area (Å²) in [6, 6.07) is 3.62. The number of methoxy groups -OCH3 is 2. The van der Waals surface area contributed by atoms with Crippen molar-refractivity contribution in [3.8, 4) is 11.5 Å². The second kappa shape index (κ2) is 7.25. The van der Waals surface area contributed by atoms with E-state index in [1.54, 1.807) is 14.2 Å². The average molecular weight is 254 g/mol. The maximum absolute atomic E-state index is 9.14. The first-order chi connectivity index (χ1) is 8.26. The van der Waals surface area contributed by atoms with Crippen LogP contribution in [0.4, 0.5) is 0 Å². The summed E-state index contributed by atoms with van der Waals surface area (Å²) in [5.41, 5.74) is 1.65. The molecule has 0 aliphatic heterocycles. The Kier molecular flexibility index (Phi) is 5.94. The minimum Gasteiger partial charge on any atom is -0.496 e. The summed E-state index contributed by atoms with van der Waals surface area (Å²) >= 11 is 4.15. The van der Waals surface area contributed by atoms with Gasteiger partial charge in [0.15, 0.2) is 0 Å². The van der Waals surface area contributed by atoms with Gasteiger partial charge in [0.1, 0.15) is 11.5 Å². The van der Waals surface area contributed by atoms with E-state index in [0.717, 1.165) is 23.3 Å². The van der Waals surface area contributed by atoms with Crippen LogP contribution in [0.5, 0.6) is 11.5 Å². The maximum atomic E-state index is 9.14. The van der Waals surface area contributed by atoms with Crippen LogP contribution < -0.4 is 9.47 Å². The molecule has 1 aromatic rings. The zero-order valence-corrected chi connectivity index (χ0v) is 11.0. The minimum absolute atomic E-state index is 0.0344. The SMILES string of the molecule is COc1cc(CO)cc(OC)c1C=CCCS. The fraction of sp³-hybridized carbons (Fsp3) is 0.385. The third kappa shape index (κ3) is 3.68. The lowest BCUT2D eigenvalue weighted by molar-refractivity contribution is 0.280. The number of rotatable bonds is 6. The van der Waals surface area contributed by atoms with Crippen LogP contribution in [0.25, 0.3) is 6.08 Å². The molecule has 0 fully saturated rings. The first-order valence-electron chi connectivity index (χ1n) is 5.40. The Morgan fingerprint density at radius 3 is 2.24 bits per heavy atom. The van der Waals surface area contributed by atoms with Gasteiger partial charge in [0, 0.05) is 0 Å². The standard InChI is InChI=1S/C13H18O3S/c1-15-12-7-10(9-14)8-13(16-2)11(12)5-3-4-6-17/h3,5,7-8,14,17H,4,6,9H2,1-2H3. The molecular weight excluding hydrogens is 236 g/mol. The highest BCUT2D eigenvalue weighted by Gasteiger charge is 2.09. The van der Waals surface area contributed by atoms with Crippen LogP contribution in [0, 0.1) is 0 Å². The summed E-state index contributed by atoms with van der Waals surface area (Å²) in [6.07, 6.45) is 4.86. The first kappa shape index (κ1) is 13.9. The van der Waals surface area contributed by atoms with Gasteiger partial charge in [-0.25, -0.2) is 0 Å². The van der Waals surface area contributed by atoms with E-state index in [4.69, 9.17) is 14.6 Å². The average Bonchev–Trinajstić information content (AvgIpc) is 2.38. The Hall–Kier alpha value is -1.13. The molecule has 3 nitrogen and oxygen atoms in total. The van der Waals surface area contributed by atoms with Crippen LogP contribution in [-0.4, -0.2) is 25.1 Å². The lowest BCUT2D eigenvalue weighted by atomic mass is 10.1. The molecule has 0 aromatic heterocycles. The number of hydrogen-bond acceptors (Lipinski definition) is 4. The van der Waals surface area contributed by atoms with Crippen molar-refractivity contribution in [3.63, 3.8) is 0 Å². The van der Waals surface area contributed by atoms with Gasteiger partial charge in [0.25, 0.3) is 0 Å². The summed E-state index contributed by atoms with van der Waals surface area (Å²) in [4.78, 5) is 0. The fourth-order valence-electron chi connectivity index (χ4n) is 1.52. The van der Waals surface area contributed by atoms with Crippen LogP contribution in [0.3, 0.4) is 0 Å². The molecule has 0 saturated heterocycles. The van der Waals surface area contributed by atoms with Crippen molar-refractivity contribution in [1.82, 2.24) is 0 Å². The lowest BCUT2D eigenvalue weighted by Gasteiger charge is -2.12. The van der Waals surface area contributed by atoms with Gasteiger partial charge in [0.2, 0.25) is 0 Å². The van der Waals surface area contributed by atoms with Crippen LogP contribution in [0.2, 0.25) is 0 Å². The molecule has 0 unspecified atom stereocenters. The maximum Gasteiger partial charge on any atom is 0.130 e. The van der Waals surface area contributed by atoms with Crippen LogP contribution in [0.1, 0.15) is 17.5 Å². The number of aliphatic hydroxyl groups is 1. The van der Waals surface area contributed by atoms with E-state index in [1.165, 1.54) is 0 Å². The van der Waals surface area contributed by atoms with Crippen LogP contribution in [-0.2, 0) is 6.61 Å². The predicted molar refractivity (Wildman–Crippen MR) is 73.0 cm³/mol. The van der Waals surface area contributed by atoms with Gasteiger partial charge in [-0.3, -0.25) is 0 Å². The molecule has 0 amide bonds. The molecule has 94 valence electrons. The molecule has 0 heterocycles. The van der Waals surface area contributed by atoms with Crippen LogP contribution in [0.15, 0.2) is 18.2 Å². The largest absolute Gasteiger partial charge is 0.496 e. The summed E-state index contributed by atoms with van der Waals surface area (Å²) in [6.45, 7) is -0.0344. The normalized spacial score (nSPS) is 10.8. The van der Waals surface area contributed by atoms with Gasteiger partial charge in [-0.1, -0.05) is 12.2 Å². The summed E-state index contributed by atoms with van der Waals surface area (Å²) in [5.74, 6) is 2.20. The molecule has 0 radical (unpaired) electrons. The predicted octanol–water partition coefficient (Wildman–Crippen LogP) is 2.53. The molecule has 0 atom stereocenters. The molecular formula is C13H18O3S. The van der Waals surface area contributed by atoms with Crippen molar-refractivity contribution in [2.75, 3.05) is 20.0 Å². The van der Waals surface area contributed by atoms with E-state index < -0.39 is 0 Å². The van der Waals surface area contributed by atoms with Crippen molar-refractivity contribution >= 4 is 18.7 Å². The van der Waals surface area contributed by atoms with Gasteiger partial charge < -0.3 is 14.6 Å².